The number of aromatic amines is 1. The number of benzene rings is 1. The summed E-state index contributed by atoms with van der Waals surface area (Å²) in [5.74, 6) is 1.81. The van der Waals surface area contributed by atoms with Gasteiger partial charge in [-0.2, -0.15) is 0 Å². The summed E-state index contributed by atoms with van der Waals surface area (Å²) in [6.07, 6.45) is 4.40. The van der Waals surface area contributed by atoms with E-state index in [2.05, 4.69) is 27.3 Å². The Morgan fingerprint density at radius 2 is 2.00 bits per heavy atom. The third-order valence-electron chi connectivity index (χ3n) is 4.20. The number of rotatable bonds is 3. The number of hydrogen-bond acceptors (Lipinski definition) is 4. The van der Waals surface area contributed by atoms with Crippen molar-refractivity contribution in [1.82, 2.24) is 15.0 Å². The summed E-state index contributed by atoms with van der Waals surface area (Å²) in [6, 6.07) is 10.2. The highest BCUT2D eigenvalue weighted by Gasteiger charge is 2.19. The molecule has 2 aromatic heterocycles. The van der Waals surface area contributed by atoms with Gasteiger partial charge in [-0.1, -0.05) is 12.1 Å². The van der Waals surface area contributed by atoms with Gasteiger partial charge in [0.25, 0.3) is 0 Å². The van der Waals surface area contributed by atoms with Crippen molar-refractivity contribution < 1.29 is 0 Å². The summed E-state index contributed by atoms with van der Waals surface area (Å²) in [5, 5.41) is 3.17. The van der Waals surface area contributed by atoms with E-state index in [0.717, 1.165) is 47.0 Å². The highest BCUT2D eigenvalue weighted by atomic mass is 15.2. The molecule has 1 fully saturated rings. The summed E-state index contributed by atoms with van der Waals surface area (Å²) in [7, 11) is 1.92. The molecule has 5 heteroatoms. The van der Waals surface area contributed by atoms with Crippen molar-refractivity contribution in [3.8, 4) is 11.4 Å². The molecule has 1 aromatic carbocycles. The van der Waals surface area contributed by atoms with Crippen LogP contribution in [0.3, 0.4) is 0 Å². The molecule has 0 spiro atoms. The lowest BCUT2D eigenvalue weighted by molar-refractivity contribution is 0.939. The molecule has 1 aliphatic rings. The Morgan fingerprint density at radius 1 is 1.14 bits per heavy atom. The molecule has 0 unspecified atom stereocenters. The smallest absolute Gasteiger partial charge is 0.162 e. The minimum absolute atomic E-state index is 0.783. The molecule has 0 bridgehead atoms. The number of hydrogen-bond donors (Lipinski definition) is 2. The second kappa shape index (κ2) is 5.33. The molecule has 0 amide bonds. The molecule has 4 rings (SSSR count). The van der Waals surface area contributed by atoms with Gasteiger partial charge in [-0.05, 0) is 31.0 Å². The number of anilines is 2. The van der Waals surface area contributed by atoms with E-state index in [1.165, 1.54) is 12.8 Å². The Labute approximate surface area is 129 Å². The van der Waals surface area contributed by atoms with Gasteiger partial charge in [0.05, 0.1) is 5.52 Å². The quantitative estimate of drug-likeness (QED) is 0.778. The van der Waals surface area contributed by atoms with Gasteiger partial charge in [0, 0.05) is 37.6 Å². The van der Waals surface area contributed by atoms with Crippen molar-refractivity contribution in [3.05, 3.63) is 36.5 Å². The van der Waals surface area contributed by atoms with Crippen LogP contribution in [0.15, 0.2) is 36.5 Å². The molecule has 5 nitrogen and oxygen atoms in total. The van der Waals surface area contributed by atoms with E-state index in [9.17, 15) is 0 Å². The van der Waals surface area contributed by atoms with Crippen LogP contribution >= 0.6 is 0 Å². The van der Waals surface area contributed by atoms with Crippen molar-refractivity contribution in [2.45, 2.75) is 12.8 Å². The van der Waals surface area contributed by atoms with Gasteiger partial charge in [-0.3, -0.25) is 0 Å². The lowest BCUT2D eigenvalue weighted by Crippen LogP contribution is -2.20. The van der Waals surface area contributed by atoms with E-state index in [1.54, 1.807) is 0 Å². The Kier molecular flexibility index (Phi) is 3.18. The maximum Gasteiger partial charge on any atom is 0.162 e. The molecule has 3 aromatic rings. The Bertz CT molecular complexity index is 802. The standard InChI is InChI=1S/C17H19N5/c1-18-13-6-4-5-12(11-13)16-20-14-7-8-19-15(14)17(21-16)22-9-2-3-10-22/h4-8,11,18-19H,2-3,9-10H2,1H3. The van der Waals surface area contributed by atoms with E-state index >= 15 is 0 Å². The molecule has 2 N–H and O–H groups in total. The summed E-state index contributed by atoms with van der Waals surface area (Å²) in [4.78, 5) is 15.2. The molecule has 0 atom stereocenters. The van der Waals surface area contributed by atoms with Crippen LogP contribution in [0.1, 0.15) is 12.8 Å². The van der Waals surface area contributed by atoms with Crippen molar-refractivity contribution in [1.29, 1.82) is 0 Å². The zero-order chi connectivity index (χ0) is 14.9. The van der Waals surface area contributed by atoms with Crippen LogP contribution in [0.2, 0.25) is 0 Å². The van der Waals surface area contributed by atoms with E-state index in [4.69, 9.17) is 9.97 Å². The van der Waals surface area contributed by atoms with Crippen LogP contribution in [0, 0.1) is 0 Å². The molecule has 0 saturated carbocycles. The zero-order valence-corrected chi connectivity index (χ0v) is 12.6. The SMILES string of the molecule is CNc1cccc(-c2nc(N3CCCC3)c3[nH]ccc3n2)c1. The molecule has 0 aliphatic carbocycles. The van der Waals surface area contributed by atoms with Gasteiger partial charge >= 0.3 is 0 Å². The van der Waals surface area contributed by atoms with Gasteiger partial charge in [0.1, 0.15) is 5.52 Å². The predicted molar refractivity (Wildman–Crippen MR) is 90.3 cm³/mol. The normalized spacial score (nSPS) is 14.7. The molecule has 1 saturated heterocycles. The average Bonchev–Trinajstić information content (AvgIpc) is 3.25. The van der Waals surface area contributed by atoms with Gasteiger partial charge in [0.2, 0.25) is 0 Å². The largest absolute Gasteiger partial charge is 0.388 e. The summed E-state index contributed by atoms with van der Waals surface area (Å²) < 4.78 is 0. The van der Waals surface area contributed by atoms with Crippen LogP contribution in [-0.2, 0) is 0 Å². The van der Waals surface area contributed by atoms with E-state index in [-0.39, 0.29) is 0 Å². The minimum Gasteiger partial charge on any atom is -0.388 e. The number of H-pyrrole nitrogens is 1. The van der Waals surface area contributed by atoms with Crippen LogP contribution < -0.4 is 10.2 Å². The van der Waals surface area contributed by atoms with Crippen LogP contribution in [0.25, 0.3) is 22.4 Å². The third kappa shape index (κ3) is 2.19. The van der Waals surface area contributed by atoms with E-state index in [1.807, 2.05) is 31.4 Å². The average molecular weight is 293 g/mol. The number of aromatic nitrogens is 3. The van der Waals surface area contributed by atoms with Crippen LogP contribution in [0.4, 0.5) is 11.5 Å². The lowest BCUT2D eigenvalue weighted by atomic mass is 10.2. The minimum atomic E-state index is 0.783. The third-order valence-corrected chi connectivity index (χ3v) is 4.20. The first-order valence-electron chi connectivity index (χ1n) is 7.73. The van der Waals surface area contributed by atoms with Crippen molar-refractivity contribution in [2.24, 2.45) is 0 Å². The first-order valence-corrected chi connectivity index (χ1v) is 7.73. The molecule has 1 aliphatic heterocycles. The van der Waals surface area contributed by atoms with Gasteiger partial charge in [0.15, 0.2) is 11.6 Å². The summed E-state index contributed by atoms with van der Waals surface area (Å²) >= 11 is 0. The molecule has 112 valence electrons. The summed E-state index contributed by atoms with van der Waals surface area (Å²) in [6.45, 7) is 2.14. The molecule has 0 radical (unpaired) electrons. The zero-order valence-electron chi connectivity index (χ0n) is 12.6. The van der Waals surface area contributed by atoms with Crippen molar-refractivity contribution in [2.75, 3.05) is 30.4 Å². The van der Waals surface area contributed by atoms with Crippen molar-refractivity contribution >= 4 is 22.5 Å². The Balaban J connectivity index is 1.87. The number of fused-ring (bicyclic) bond motifs is 1. The fourth-order valence-electron chi connectivity index (χ4n) is 3.03. The second-order valence-electron chi connectivity index (χ2n) is 5.63. The fourth-order valence-corrected chi connectivity index (χ4v) is 3.03. The van der Waals surface area contributed by atoms with E-state index < -0.39 is 0 Å². The molecule has 22 heavy (non-hydrogen) atoms. The number of nitrogens with one attached hydrogen (secondary N) is 2. The van der Waals surface area contributed by atoms with Gasteiger partial charge in [-0.25, -0.2) is 9.97 Å². The fraction of sp³-hybridized carbons (Fsp3) is 0.294. The second-order valence-corrected chi connectivity index (χ2v) is 5.63. The molecular weight excluding hydrogens is 274 g/mol. The van der Waals surface area contributed by atoms with Crippen LogP contribution in [-0.4, -0.2) is 35.1 Å². The molecular formula is C17H19N5. The van der Waals surface area contributed by atoms with Crippen LogP contribution in [0.5, 0.6) is 0 Å². The first-order chi connectivity index (χ1) is 10.8. The van der Waals surface area contributed by atoms with E-state index in [0.29, 0.717) is 0 Å². The maximum atomic E-state index is 4.86. The summed E-state index contributed by atoms with van der Waals surface area (Å²) in [5.41, 5.74) is 4.12. The highest BCUT2D eigenvalue weighted by molar-refractivity contribution is 5.88. The highest BCUT2D eigenvalue weighted by Crippen LogP contribution is 2.29. The lowest BCUT2D eigenvalue weighted by Gasteiger charge is -2.18. The Morgan fingerprint density at radius 3 is 2.82 bits per heavy atom. The maximum absolute atomic E-state index is 4.86. The van der Waals surface area contributed by atoms with Gasteiger partial charge in [-0.15, -0.1) is 0 Å². The van der Waals surface area contributed by atoms with Gasteiger partial charge < -0.3 is 15.2 Å². The topological polar surface area (TPSA) is 56.8 Å². The van der Waals surface area contributed by atoms with Crippen molar-refractivity contribution in [3.63, 3.8) is 0 Å². The predicted octanol–water partition coefficient (Wildman–Crippen LogP) is 3.27. The number of nitrogens with zero attached hydrogens (tertiary/aromatic N) is 3. The Hall–Kier alpha value is -2.56. The monoisotopic (exact) mass is 293 g/mol. The molecule has 3 heterocycles. The first kappa shape index (κ1) is 13.1.